The zero-order valence-electron chi connectivity index (χ0n) is 19.8. The van der Waals surface area contributed by atoms with Crippen LogP contribution in [0.3, 0.4) is 0 Å². The number of nitrogens with zero attached hydrogens (tertiary/aromatic N) is 3. The van der Waals surface area contributed by atoms with E-state index in [0.717, 1.165) is 9.87 Å². The maximum absolute atomic E-state index is 13.6. The number of amides is 3. The molecule has 2 heterocycles. The normalized spacial score (nSPS) is 16.5. The number of sulfonamides is 1. The van der Waals surface area contributed by atoms with Gasteiger partial charge in [0.1, 0.15) is 22.4 Å². The van der Waals surface area contributed by atoms with Gasteiger partial charge < -0.3 is 20.1 Å². The van der Waals surface area contributed by atoms with Crippen LogP contribution in [0.15, 0.2) is 64.0 Å². The number of aromatic nitrogens is 1. The highest BCUT2D eigenvalue weighted by Gasteiger charge is 2.43. The second kappa shape index (κ2) is 10.5. The number of hydrogen-bond donors (Lipinski definition) is 2. The first kappa shape index (κ1) is 25.3. The van der Waals surface area contributed by atoms with Crippen molar-refractivity contribution in [2.24, 2.45) is 0 Å². The molecule has 190 valence electrons. The fourth-order valence-electron chi connectivity index (χ4n) is 4.05. The lowest BCUT2D eigenvalue weighted by Crippen LogP contribution is -2.61. The highest BCUT2D eigenvalue weighted by atomic mass is 32.2. The molecule has 0 saturated carbocycles. The Morgan fingerprint density at radius 3 is 2.42 bits per heavy atom. The molecule has 4 rings (SSSR count). The summed E-state index contributed by atoms with van der Waals surface area (Å²) >= 11 is 0. The number of carbonyl (C=O) groups excluding carboxylic acids is 2. The molecular formula is C24H26FN5O5S. The Hall–Kier alpha value is -3.77. The maximum Gasteiger partial charge on any atom is 0.321 e. The van der Waals surface area contributed by atoms with Crippen LogP contribution < -0.4 is 10.6 Å². The van der Waals surface area contributed by atoms with Gasteiger partial charge >= 0.3 is 6.03 Å². The Labute approximate surface area is 208 Å². The van der Waals surface area contributed by atoms with Gasteiger partial charge in [-0.3, -0.25) is 4.79 Å². The summed E-state index contributed by atoms with van der Waals surface area (Å²) in [7, 11) is -4.15. The Kier molecular flexibility index (Phi) is 7.36. The van der Waals surface area contributed by atoms with Crippen molar-refractivity contribution in [2.45, 2.75) is 31.3 Å². The van der Waals surface area contributed by atoms with Crippen LogP contribution in [0.5, 0.6) is 0 Å². The Morgan fingerprint density at radius 2 is 1.78 bits per heavy atom. The average Bonchev–Trinajstić information content (AvgIpc) is 3.22. The van der Waals surface area contributed by atoms with E-state index in [-0.39, 0.29) is 42.5 Å². The molecule has 2 aromatic carbocycles. The molecule has 3 amide bonds. The predicted octanol–water partition coefficient (Wildman–Crippen LogP) is 2.65. The van der Waals surface area contributed by atoms with E-state index in [0.29, 0.717) is 5.69 Å². The van der Waals surface area contributed by atoms with Gasteiger partial charge in [0.15, 0.2) is 5.76 Å². The lowest BCUT2D eigenvalue weighted by Gasteiger charge is -2.39. The van der Waals surface area contributed by atoms with Crippen molar-refractivity contribution >= 4 is 27.6 Å². The van der Waals surface area contributed by atoms with E-state index < -0.39 is 33.8 Å². The lowest BCUT2D eigenvalue weighted by atomic mass is 10.2. The summed E-state index contributed by atoms with van der Waals surface area (Å²) in [5, 5.41) is 9.16. The van der Waals surface area contributed by atoms with Crippen LogP contribution in [0.2, 0.25) is 0 Å². The van der Waals surface area contributed by atoms with E-state index in [4.69, 9.17) is 4.52 Å². The molecule has 0 spiro atoms. The molecule has 1 aromatic heterocycles. The molecule has 36 heavy (non-hydrogen) atoms. The second-order valence-electron chi connectivity index (χ2n) is 8.37. The first-order valence-corrected chi connectivity index (χ1v) is 12.7. The third-order valence-corrected chi connectivity index (χ3v) is 8.01. The van der Waals surface area contributed by atoms with Crippen LogP contribution in [0.4, 0.5) is 14.9 Å². The van der Waals surface area contributed by atoms with Gasteiger partial charge in [-0.2, -0.15) is 4.31 Å². The fraction of sp³-hybridized carbons (Fsp3) is 0.292. The number of urea groups is 1. The van der Waals surface area contributed by atoms with E-state index in [1.807, 2.05) is 30.3 Å². The highest BCUT2D eigenvalue weighted by Crippen LogP contribution is 2.27. The minimum absolute atomic E-state index is 0.0398. The highest BCUT2D eigenvalue weighted by molar-refractivity contribution is 7.89. The van der Waals surface area contributed by atoms with Gasteiger partial charge in [-0.05, 0) is 43.7 Å². The number of benzene rings is 2. The molecule has 0 bridgehead atoms. The monoisotopic (exact) mass is 515 g/mol. The van der Waals surface area contributed by atoms with Gasteiger partial charge in [-0.1, -0.05) is 35.5 Å². The molecule has 1 atom stereocenters. The Bertz CT molecular complexity index is 1330. The van der Waals surface area contributed by atoms with Gasteiger partial charge in [0.2, 0.25) is 15.9 Å². The van der Waals surface area contributed by atoms with Crippen LogP contribution in [0, 0.1) is 19.7 Å². The van der Waals surface area contributed by atoms with Crippen LogP contribution >= 0.6 is 0 Å². The minimum Gasteiger partial charge on any atom is -0.360 e. The number of hydrogen-bond acceptors (Lipinski definition) is 6. The summed E-state index contributed by atoms with van der Waals surface area (Å²) in [6, 6.07) is 12.7. The number of rotatable bonds is 6. The lowest BCUT2D eigenvalue weighted by molar-refractivity contribution is -0.126. The Morgan fingerprint density at radius 1 is 1.08 bits per heavy atom. The van der Waals surface area contributed by atoms with Crippen LogP contribution in [0.1, 0.15) is 17.0 Å². The molecule has 10 nitrogen and oxygen atoms in total. The SMILES string of the molecule is Cc1noc(C)c1S(=O)(=O)N1CCN(C(=O)Nc2ccc(F)cc2)CC1C(=O)NCc1ccccc1. The summed E-state index contributed by atoms with van der Waals surface area (Å²) in [6.07, 6.45) is 0. The molecule has 0 aliphatic carbocycles. The largest absolute Gasteiger partial charge is 0.360 e. The molecular weight excluding hydrogens is 489 g/mol. The van der Waals surface area contributed by atoms with Gasteiger partial charge in [0, 0.05) is 31.9 Å². The third kappa shape index (κ3) is 5.39. The Balaban J connectivity index is 1.57. The smallest absolute Gasteiger partial charge is 0.321 e. The summed E-state index contributed by atoms with van der Waals surface area (Å²) in [4.78, 5) is 27.4. The summed E-state index contributed by atoms with van der Waals surface area (Å²) in [5.74, 6) is -0.873. The summed E-state index contributed by atoms with van der Waals surface area (Å²) in [6.45, 7) is 2.93. The number of carbonyl (C=O) groups is 2. The number of nitrogens with one attached hydrogen (secondary N) is 2. The third-order valence-electron chi connectivity index (χ3n) is 5.86. The molecule has 2 N–H and O–H groups in total. The standard InChI is InChI=1S/C24H26FN5O5S/c1-16-22(17(2)35-28-16)36(33,34)30-13-12-29(24(32)27-20-10-8-19(25)9-11-20)15-21(30)23(31)26-14-18-6-4-3-5-7-18/h3-11,21H,12-15H2,1-2H3,(H,26,31)(H,27,32). The summed E-state index contributed by atoms with van der Waals surface area (Å²) in [5.41, 5.74) is 1.40. The van der Waals surface area contributed by atoms with Crippen molar-refractivity contribution < 1.29 is 26.9 Å². The van der Waals surface area contributed by atoms with E-state index in [1.54, 1.807) is 0 Å². The predicted molar refractivity (Wildman–Crippen MR) is 129 cm³/mol. The first-order valence-electron chi connectivity index (χ1n) is 11.2. The van der Waals surface area contributed by atoms with Crippen LogP contribution in [0.25, 0.3) is 0 Å². The molecule has 12 heteroatoms. The molecule has 3 aromatic rings. The minimum atomic E-state index is -4.15. The van der Waals surface area contributed by atoms with Crippen molar-refractivity contribution in [1.29, 1.82) is 0 Å². The van der Waals surface area contributed by atoms with Crippen LogP contribution in [-0.4, -0.2) is 60.4 Å². The molecule has 1 fully saturated rings. The van der Waals surface area contributed by atoms with Crippen LogP contribution in [-0.2, 0) is 21.4 Å². The zero-order chi connectivity index (χ0) is 25.9. The zero-order valence-corrected chi connectivity index (χ0v) is 20.6. The van der Waals surface area contributed by atoms with Gasteiger partial charge in [0.25, 0.3) is 0 Å². The first-order chi connectivity index (χ1) is 17.2. The van der Waals surface area contributed by atoms with Gasteiger partial charge in [0.05, 0.1) is 0 Å². The maximum atomic E-state index is 13.6. The second-order valence-corrected chi connectivity index (χ2v) is 10.2. The number of anilines is 1. The van der Waals surface area contributed by atoms with Crippen molar-refractivity contribution in [3.8, 4) is 0 Å². The van der Waals surface area contributed by atoms with Crippen molar-refractivity contribution in [2.75, 3.05) is 25.0 Å². The molecule has 1 saturated heterocycles. The molecule has 0 radical (unpaired) electrons. The molecule has 1 aliphatic rings. The number of piperazine rings is 1. The fourth-order valence-corrected chi connectivity index (χ4v) is 5.92. The van der Waals surface area contributed by atoms with Gasteiger partial charge in [-0.25, -0.2) is 17.6 Å². The van der Waals surface area contributed by atoms with E-state index in [2.05, 4.69) is 15.8 Å². The van der Waals surface area contributed by atoms with E-state index in [9.17, 15) is 22.4 Å². The molecule has 1 aliphatic heterocycles. The van der Waals surface area contributed by atoms with E-state index >= 15 is 0 Å². The average molecular weight is 516 g/mol. The topological polar surface area (TPSA) is 125 Å². The van der Waals surface area contributed by atoms with Crippen molar-refractivity contribution in [1.82, 2.24) is 19.7 Å². The van der Waals surface area contributed by atoms with Crippen molar-refractivity contribution in [3.05, 3.63) is 77.4 Å². The molecule has 1 unspecified atom stereocenters. The summed E-state index contributed by atoms with van der Waals surface area (Å²) < 4.78 is 46.5. The van der Waals surface area contributed by atoms with E-state index in [1.165, 1.54) is 43.0 Å². The number of aryl methyl sites for hydroxylation is 2. The van der Waals surface area contributed by atoms with Gasteiger partial charge in [-0.15, -0.1) is 0 Å². The number of halogens is 1. The van der Waals surface area contributed by atoms with Crippen molar-refractivity contribution in [3.63, 3.8) is 0 Å². The quantitative estimate of drug-likeness (QED) is 0.520.